The van der Waals surface area contributed by atoms with Crippen molar-refractivity contribution in [1.29, 1.82) is 0 Å². The summed E-state index contributed by atoms with van der Waals surface area (Å²) in [6, 6.07) is 15.5. The van der Waals surface area contributed by atoms with E-state index in [2.05, 4.69) is 9.62 Å². The number of aliphatic hydroxyl groups is 1. The predicted octanol–water partition coefficient (Wildman–Crippen LogP) is 5.80. The van der Waals surface area contributed by atoms with Gasteiger partial charge >= 0.3 is 0 Å². The molecule has 3 atom stereocenters. The molecule has 3 aromatic carbocycles. The summed E-state index contributed by atoms with van der Waals surface area (Å²) in [5.41, 5.74) is 1.29. The van der Waals surface area contributed by atoms with Gasteiger partial charge in [0.2, 0.25) is 0 Å². The van der Waals surface area contributed by atoms with Crippen LogP contribution in [-0.4, -0.2) is 68.1 Å². The van der Waals surface area contributed by atoms with Crippen LogP contribution in [0, 0.1) is 5.92 Å². The lowest BCUT2D eigenvalue weighted by Gasteiger charge is -2.38. The van der Waals surface area contributed by atoms with Crippen molar-refractivity contribution in [2.24, 2.45) is 5.92 Å². The number of sulfonamides is 1. The second-order valence-corrected chi connectivity index (χ2v) is 13.2. The molecule has 12 heteroatoms. The Balaban J connectivity index is 1.70. The number of aliphatic hydroxyl groups excluding tert-OH is 1. The Morgan fingerprint density at radius 3 is 2.46 bits per heavy atom. The van der Waals surface area contributed by atoms with Gasteiger partial charge in [0.1, 0.15) is 6.10 Å². The monoisotopic (exact) mass is 639 g/mol. The smallest absolute Gasteiger partial charge is 0.262 e. The number of hydrogen-bond acceptors (Lipinski definition) is 6. The van der Waals surface area contributed by atoms with E-state index in [1.54, 1.807) is 36.1 Å². The van der Waals surface area contributed by atoms with Crippen LogP contribution in [0.1, 0.15) is 29.8 Å². The lowest BCUT2D eigenvalue weighted by atomic mass is 9.99. The second kappa shape index (κ2) is 13.2. The van der Waals surface area contributed by atoms with E-state index >= 15 is 0 Å². The Labute approximate surface area is 255 Å². The molecule has 0 fully saturated rings. The molecule has 0 spiro atoms. The largest absolute Gasteiger partial charge is 0.486 e. The first-order valence-corrected chi connectivity index (χ1v) is 15.6. The molecule has 1 aliphatic rings. The van der Waals surface area contributed by atoms with Gasteiger partial charge in [-0.2, -0.15) is 0 Å². The summed E-state index contributed by atoms with van der Waals surface area (Å²) in [6.07, 6.45) is -0.441. The summed E-state index contributed by atoms with van der Waals surface area (Å²) in [5, 5.41) is 11.3. The quantitative estimate of drug-likeness (QED) is 0.307. The summed E-state index contributed by atoms with van der Waals surface area (Å²) in [7, 11) is -2.09. The highest BCUT2D eigenvalue weighted by molar-refractivity contribution is 7.92. The highest BCUT2D eigenvalue weighted by atomic mass is 35.5. The van der Waals surface area contributed by atoms with Crippen molar-refractivity contribution in [3.8, 4) is 5.75 Å². The number of nitrogens with one attached hydrogen (secondary N) is 1. The van der Waals surface area contributed by atoms with Gasteiger partial charge in [-0.1, -0.05) is 53.9 Å². The molecule has 0 aromatic heterocycles. The molecule has 0 radical (unpaired) electrons. The molecule has 1 heterocycles. The minimum Gasteiger partial charge on any atom is -0.486 e. The van der Waals surface area contributed by atoms with E-state index in [-0.39, 0.29) is 40.3 Å². The van der Waals surface area contributed by atoms with Crippen molar-refractivity contribution in [3.05, 3.63) is 86.9 Å². The molecule has 1 amide bonds. The number of carbonyl (C=O) groups is 1. The maximum Gasteiger partial charge on any atom is 0.262 e. The number of halogens is 3. The number of rotatable bonds is 9. The van der Waals surface area contributed by atoms with Crippen LogP contribution in [0.2, 0.25) is 15.1 Å². The van der Waals surface area contributed by atoms with Crippen LogP contribution in [0.5, 0.6) is 5.75 Å². The third-order valence-electron chi connectivity index (χ3n) is 6.99. The molecular formula is C29H32Cl3N3O5S. The molecule has 0 unspecified atom stereocenters. The maximum atomic E-state index is 13.7. The fourth-order valence-corrected chi connectivity index (χ4v) is 6.19. The average molecular weight is 641 g/mol. The van der Waals surface area contributed by atoms with Crippen molar-refractivity contribution >= 4 is 56.4 Å². The fraction of sp³-hybridized carbons (Fsp3) is 0.345. The summed E-state index contributed by atoms with van der Waals surface area (Å²) >= 11 is 18.2. The van der Waals surface area contributed by atoms with Crippen LogP contribution in [0.3, 0.4) is 0 Å². The van der Waals surface area contributed by atoms with Crippen molar-refractivity contribution in [2.45, 2.75) is 37.4 Å². The van der Waals surface area contributed by atoms with Crippen molar-refractivity contribution in [1.82, 2.24) is 9.80 Å². The number of fused-ring (bicyclic) bond motifs is 1. The van der Waals surface area contributed by atoms with Crippen LogP contribution < -0.4 is 9.46 Å². The highest BCUT2D eigenvalue weighted by Crippen LogP contribution is 2.36. The molecule has 0 aliphatic carbocycles. The van der Waals surface area contributed by atoms with Gasteiger partial charge in [0.05, 0.1) is 38.8 Å². The molecule has 3 aromatic rings. The van der Waals surface area contributed by atoms with Gasteiger partial charge in [0, 0.05) is 30.6 Å². The first-order valence-electron chi connectivity index (χ1n) is 13.0. The Bertz CT molecular complexity index is 1500. The van der Waals surface area contributed by atoms with Crippen LogP contribution in [0.15, 0.2) is 65.6 Å². The highest BCUT2D eigenvalue weighted by Gasteiger charge is 2.35. The molecule has 41 heavy (non-hydrogen) atoms. The van der Waals surface area contributed by atoms with Gasteiger partial charge in [-0.3, -0.25) is 14.4 Å². The Morgan fingerprint density at radius 2 is 1.80 bits per heavy atom. The third-order valence-corrected chi connectivity index (χ3v) is 9.36. The molecule has 4 rings (SSSR count). The summed E-state index contributed by atoms with van der Waals surface area (Å²) < 4.78 is 35.6. The van der Waals surface area contributed by atoms with E-state index in [1.807, 2.05) is 26.1 Å². The number of hydrogen-bond donors (Lipinski definition) is 2. The normalized spacial score (nSPS) is 18.3. The number of amides is 1. The predicted molar refractivity (Wildman–Crippen MR) is 163 cm³/mol. The number of carbonyl (C=O) groups excluding carboxylic acids is 1. The topological polar surface area (TPSA) is 99.2 Å². The van der Waals surface area contributed by atoms with Crippen LogP contribution >= 0.6 is 34.8 Å². The molecule has 1 aliphatic heterocycles. The third kappa shape index (κ3) is 7.46. The van der Waals surface area contributed by atoms with Crippen LogP contribution in [0.25, 0.3) is 0 Å². The number of para-hydroxylation sites is 1. The first kappa shape index (κ1) is 31.4. The lowest BCUT2D eigenvalue weighted by molar-refractivity contribution is 0.0344. The maximum absolute atomic E-state index is 13.7. The number of benzene rings is 3. The van der Waals surface area contributed by atoms with E-state index < -0.39 is 22.2 Å². The SMILES string of the molecule is C[C@H]1CN([C@@H](C)CO)C(=O)c2cccc(NS(=O)(=O)c3ccc(Cl)cc3)c2O[C@@H]1CN(C)Cc1ccc(Cl)c(Cl)c1. The summed E-state index contributed by atoms with van der Waals surface area (Å²) in [5.74, 6) is -0.397. The van der Waals surface area contributed by atoms with Gasteiger partial charge in [-0.15, -0.1) is 0 Å². The Kier molecular flexibility index (Phi) is 10.1. The summed E-state index contributed by atoms with van der Waals surface area (Å²) in [4.78, 5) is 17.4. The summed E-state index contributed by atoms with van der Waals surface area (Å²) in [6.45, 7) is 4.86. The number of ether oxygens (including phenoxy) is 1. The van der Waals surface area contributed by atoms with Gasteiger partial charge in [0.25, 0.3) is 15.9 Å². The van der Waals surface area contributed by atoms with Crippen LogP contribution in [0.4, 0.5) is 5.69 Å². The van der Waals surface area contributed by atoms with Crippen LogP contribution in [-0.2, 0) is 16.6 Å². The van der Waals surface area contributed by atoms with Crippen molar-refractivity contribution < 1.29 is 23.1 Å². The fourth-order valence-electron chi connectivity index (χ4n) is 4.68. The minimum atomic E-state index is -4.03. The van der Waals surface area contributed by atoms with Gasteiger partial charge < -0.3 is 14.7 Å². The molecule has 0 saturated heterocycles. The molecule has 0 saturated carbocycles. The second-order valence-electron chi connectivity index (χ2n) is 10.3. The van der Waals surface area contributed by atoms with E-state index in [4.69, 9.17) is 39.5 Å². The average Bonchev–Trinajstić information content (AvgIpc) is 2.92. The van der Waals surface area contributed by atoms with E-state index in [9.17, 15) is 18.3 Å². The van der Waals surface area contributed by atoms with Gasteiger partial charge in [0.15, 0.2) is 5.75 Å². The Hall–Kier alpha value is -2.53. The van der Waals surface area contributed by atoms with E-state index in [0.29, 0.717) is 34.7 Å². The number of anilines is 1. The molecular weight excluding hydrogens is 609 g/mol. The molecule has 8 nitrogen and oxygen atoms in total. The zero-order chi connectivity index (χ0) is 29.9. The lowest BCUT2D eigenvalue weighted by Crippen LogP contribution is -2.49. The standard InChI is InChI=1S/C29H32Cl3N3O5S/c1-18-14-35(19(2)17-36)29(37)23-5-4-6-26(33-41(38,39)22-10-8-21(30)9-11-22)28(23)40-27(18)16-34(3)15-20-7-12-24(31)25(32)13-20/h4-13,18-19,27,33,36H,14-17H2,1-3H3/t18-,19-,27+/m0/s1. The Morgan fingerprint density at radius 1 is 1.10 bits per heavy atom. The molecule has 2 N–H and O–H groups in total. The van der Waals surface area contributed by atoms with E-state index in [0.717, 1.165) is 5.56 Å². The van der Waals surface area contributed by atoms with Crippen molar-refractivity contribution in [2.75, 3.05) is 31.5 Å². The van der Waals surface area contributed by atoms with Gasteiger partial charge in [-0.05, 0) is 68.1 Å². The number of likely N-dealkylation sites (N-methyl/N-ethyl adjacent to an activating group) is 1. The zero-order valence-corrected chi connectivity index (χ0v) is 25.9. The van der Waals surface area contributed by atoms with E-state index in [1.165, 1.54) is 24.3 Å². The van der Waals surface area contributed by atoms with Crippen molar-refractivity contribution in [3.63, 3.8) is 0 Å². The first-order chi connectivity index (χ1) is 19.4. The number of nitrogens with zero attached hydrogens (tertiary/aromatic N) is 2. The zero-order valence-electron chi connectivity index (χ0n) is 22.9. The molecule has 0 bridgehead atoms. The minimum absolute atomic E-state index is 0.0125. The van der Waals surface area contributed by atoms with Gasteiger partial charge in [-0.25, -0.2) is 8.42 Å². The molecule has 220 valence electrons.